The van der Waals surface area contributed by atoms with Crippen molar-refractivity contribution < 1.29 is 12.9 Å². The van der Waals surface area contributed by atoms with Gasteiger partial charge in [0, 0.05) is 25.7 Å². The van der Waals surface area contributed by atoms with Crippen molar-refractivity contribution in [2.45, 2.75) is 58.0 Å². The van der Waals surface area contributed by atoms with Crippen LogP contribution in [0.3, 0.4) is 0 Å². The van der Waals surface area contributed by atoms with Crippen molar-refractivity contribution in [2.24, 2.45) is 5.92 Å². The van der Waals surface area contributed by atoms with Crippen molar-refractivity contribution in [3.8, 4) is 0 Å². The first-order valence-electron chi connectivity index (χ1n) is 9.51. The van der Waals surface area contributed by atoms with E-state index in [1.54, 1.807) is 13.8 Å². The number of aromatic nitrogens is 1. The van der Waals surface area contributed by atoms with Crippen molar-refractivity contribution in [3.05, 3.63) is 46.8 Å². The molecular formula is C20H29N3O3S. The number of aryl methyl sites for hydroxylation is 2. The van der Waals surface area contributed by atoms with Gasteiger partial charge in [0.1, 0.15) is 10.6 Å². The fraction of sp³-hybridized carbons (Fsp3) is 0.550. The van der Waals surface area contributed by atoms with Crippen LogP contribution in [-0.2, 0) is 23.0 Å². The van der Waals surface area contributed by atoms with Gasteiger partial charge in [0.2, 0.25) is 10.0 Å². The third-order valence-corrected chi connectivity index (χ3v) is 6.83. The summed E-state index contributed by atoms with van der Waals surface area (Å²) in [6, 6.07) is 8.65. The molecule has 0 bridgehead atoms. The first-order chi connectivity index (χ1) is 12.8. The molecule has 148 valence electrons. The monoisotopic (exact) mass is 391 g/mol. The van der Waals surface area contributed by atoms with E-state index in [1.807, 2.05) is 0 Å². The van der Waals surface area contributed by atoms with Gasteiger partial charge < -0.3 is 4.52 Å². The Kier molecular flexibility index (Phi) is 6.03. The molecule has 2 aromatic rings. The van der Waals surface area contributed by atoms with E-state index in [4.69, 9.17) is 4.52 Å². The second-order valence-electron chi connectivity index (χ2n) is 7.78. The minimum absolute atomic E-state index is 0.147. The van der Waals surface area contributed by atoms with E-state index < -0.39 is 10.0 Å². The molecule has 0 fully saturated rings. The molecule has 3 rings (SSSR count). The summed E-state index contributed by atoms with van der Waals surface area (Å²) in [6.45, 7) is 9.82. The molecule has 0 saturated heterocycles. The molecule has 0 amide bonds. The molecule has 1 atom stereocenters. The average molecular weight is 392 g/mol. The number of rotatable bonds is 7. The molecule has 0 radical (unpaired) electrons. The molecule has 0 aliphatic carbocycles. The minimum Gasteiger partial charge on any atom is -0.360 e. The Morgan fingerprint density at radius 3 is 2.56 bits per heavy atom. The van der Waals surface area contributed by atoms with E-state index in [1.165, 1.54) is 11.1 Å². The van der Waals surface area contributed by atoms with Crippen LogP contribution >= 0.6 is 0 Å². The summed E-state index contributed by atoms with van der Waals surface area (Å²) in [4.78, 5) is 2.56. The molecule has 2 heterocycles. The maximum absolute atomic E-state index is 12.8. The maximum atomic E-state index is 12.8. The highest BCUT2D eigenvalue weighted by atomic mass is 32.2. The Morgan fingerprint density at radius 1 is 1.22 bits per heavy atom. The standard InChI is InChI=1S/C20H29N3O3S/c1-14(2)11-19(23-10-9-17-7-5-6-8-18(17)13-23)12-21-27(24,25)20-15(3)22-26-16(20)4/h5-8,14,19,21H,9-13H2,1-4H3. The number of nitrogens with zero attached hydrogens (tertiary/aromatic N) is 2. The van der Waals surface area contributed by atoms with Crippen LogP contribution in [0.15, 0.2) is 33.7 Å². The van der Waals surface area contributed by atoms with Crippen LogP contribution in [0.2, 0.25) is 0 Å². The molecule has 7 heteroatoms. The Labute approximate surface area is 162 Å². The second kappa shape index (κ2) is 8.12. The number of nitrogens with one attached hydrogen (secondary N) is 1. The topological polar surface area (TPSA) is 75.4 Å². The zero-order valence-electron chi connectivity index (χ0n) is 16.5. The molecule has 1 aromatic heterocycles. The van der Waals surface area contributed by atoms with Crippen LogP contribution < -0.4 is 4.72 Å². The van der Waals surface area contributed by atoms with Crippen LogP contribution in [0.4, 0.5) is 0 Å². The quantitative estimate of drug-likeness (QED) is 0.785. The summed E-state index contributed by atoms with van der Waals surface area (Å²) in [5.74, 6) is 0.808. The van der Waals surface area contributed by atoms with Crippen molar-refractivity contribution in [3.63, 3.8) is 0 Å². The highest BCUT2D eigenvalue weighted by Crippen LogP contribution is 2.24. The Morgan fingerprint density at radius 2 is 1.93 bits per heavy atom. The first-order valence-corrected chi connectivity index (χ1v) is 11.0. The summed E-state index contributed by atoms with van der Waals surface area (Å²) in [7, 11) is -3.64. The number of hydrogen-bond acceptors (Lipinski definition) is 5. The Balaban J connectivity index is 1.74. The van der Waals surface area contributed by atoms with Crippen LogP contribution in [0.5, 0.6) is 0 Å². The Hall–Kier alpha value is -1.70. The van der Waals surface area contributed by atoms with Gasteiger partial charge in [-0.3, -0.25) is 4.90 Å². The van der Waals surface area contributed by atoms with Gasteiger partial charge >= 0.3 is 0 Å². The summed E-state index contributed by atoms with van der Waals surface area (Å²) < 4.78 is 33.4. The van der Waals surface area contributed by atoms with Gasteiger partial charge in [0.25, 0.3) is 0 Å². The SMILES string of the molecule is Cc1noc(C)c1S(=O)(=O)NCC(CC(C)C)N1CCc2ccccc2C1. The lowest BCUT2D eigenvalue weighted by Crippen LogP contribution is -2.46. The summed E-state index contributed by atoms with van der Waals surface area (Å²) in [5, 5.41) is 3.77. The van der Waals surface area contributed by atoms with Crippen molar-refractivity contribution >= 4 is 10.0 Å². The molecular weight excluding hydrogens is 362 g/mol. The highest BCUT2D eigenvalue weighted by molar-refractivity contribution is 7.89. The molecule has 1 aliphatic rings. The normalized spacial score (nSPS) is 16.5. The third-order valence-electron chi connectivity index (χ3n) is 5.17. The molecule has 1 aromatic carbocycles. The molecule has 1 aliphatic heterocycles. The third kappa shape index (κ3) is 4.59. The lowest BCUT2D eigenvalue weighted by Gasteiger charge is -2.36. The van der Waals surface area contributed by atoms with Gasteiger partial charge in [-0.1, -0.05) is 43.3 Å². The molecule has 6 nitrogen and oxygen atoms in total. The van der Waals surface area contributed by atoms with E-state index in [2.05, 4.69) is 52.9 Å². The van der Waals surface area contributed by atoms with Gasteiger partial charge in [-0.05, 0) is 43.7 Å². The molecule has 0 saturated carbocycles. The lowest BCUT2D eigenvalue weighted by molar-refractivity contribution is 0.158. The predicted octanol–water partition coefficient (Wildman–Crippen LogP) is 3.04. The van der Waals surface area contributed by atoms with Gasteiger partial charge in [0.05, 0.1) is 0 Å². The number of benzene rings is 1. The zero-order valence-corrected chi connectivity index (χ0v) is 17.3. The van der Waals surface area contributed by atoms with Crippen LogP contribution in [0.25, 0.3) is 0 Å². The first kappa shape index (κ1) is 20.0. The Bertz CT molecular complexity index is 870. The average Bonchev–Trinajstić information content (AvgIpc) is 2.97. The fourth-order valence-electron chi connectivity index (χ4n) is 3.87. The summed E-state index contributed by atoms with van der Waals surface area (Å²) in [5.41, 5.74) is 3.13. The minimum atomic E-state index is -3.64. The summed E-state index contributed by atoms with van der Waals surface area (Å²) in [6.07, 6.45) is 1.94. The molecule has 27 heavy (non-hydrogen) atoms. The smallest absolute Gasteiger partial charge is 0.246 e. The summed E-state index contributed by atoms with van der Waals surface area (Å²) >= 11 is 0. The fourth-order valence-corrected chi connectivity index (χ4v) is 5.27. The highest BCUT2D eigenvalue weighted by Gasteiger charge is 2.28. The van der Waals surface area contributed by atoms with E-state index in [0.717, 1.165) is 25.9 Å². The van der Waals surface area contributed by atoms with Crippen molar-refractivity contribution in [1.82, 2.24) is 14.8 Å². The largest absolute Gasteiger partial charge is 0.360 e. The lowest BCUT2D eigenvalue weighted by atomic mass is 9.96. The van der Waals surface area contributed by atoms with Crippen LogP contribution in [0, 0.1) is 19.8 Å². The van der Waals surface area contributed by atoms with E-state index >= 15 is 0 Å². The maximum Gasteiger partial charge on any atom is 0.246 e. The van der Waals surface area contributed by atoms with Crippen LogP contribution in [0.1, 0.15) is 42.8 Å². The molecule has 1 N–H and O–H groups in total. The van der Waals surface area contributed by atoms with Gasteiger partial charge in [-0.25, -0.2) is 13.1 Å². The van der Waals surface area contributed by atoms with Crippen molar-refractivity contribution in [2.75, 3.05) is 13.1 Å². The zero-order chi connectivity index (χ0) is 19.6. The molecule has 1 unspecified atom stereocenters. The van der Waals surface area contributed by atoms with E-state index in [-0.39, 0.29) is 10.9 Å². The number of hydrogen-bond donors (Lipinski definition) is 1. The van der Waals surface area contributed by atoms with Crippen molar-refractivity contribution in [1.29, 1.82) is 0 Å². The van der Waals surface area contributed by atoms with E-state index in [9.17, 15) is 8.42 Å². The van der Waals surface area contributed by atoms with Gasteiger partial charge in [-0.2, -0.15) is 0 Å². The second-order valence-corrected chi connectivity index (χ2v) is 9.48. The predicted molar refractivity (Wildman–Crippen MR) is 105 cm³/mol. The number of sulfonamides is 1. The molecule has 0 spiro atoms. The van der Waals surface area contributed by atoms with Gasteiger partial charge in [-0.15, -0.1) is 0 Å². The van der Waals surface area contributed by atoms with Gasteiger partial charge in [0.15, 0.2) is 5.76 Å². The van der Waals surface area contributed by atoms with Crippen LogP contribution in [-0.4, -0.2) is 37.6 Å². The number of fused-ring (bicyclic) bond motifs is 1. The van der Waals surface area contributed by atoms with E-state index in [0.29, 0.717) is 23.9 Å².